The Morgan fingerprint density at radius 2 is 1.62 bits per heavy atom. The number of rotatable bonds is 14. The molecule has 0 spiro atoms. The Kier molecular flexibility index (Phi) is 10.3. The van der Waals surface area contributed by atoms with Crippen LogP contribution < -0.4 is 23.7 Å². The third-order valence-electron chi connectivity index (χ3n) is 7.22. The van der Waals surface area contributed by atoms with Crippen LogP contribution >= 0.6 is 0 Å². The maximum absolute atomic E-state index is 10.4. The molecule has 0 saturated carbocycles. The number of hydrogen-bond acceptors (Lipinski definition) is 7. The molecule has 0 saturated heterocycles. The van der Waals surface area contributed by atoms with Crippen LogP contribution in [-0.2, 0) is 18.3 Å². The molecule has 37 heavy (non-hydrogen) atoms. The summed E-state index contributed by atoms with van der Waals surface area (Å²) in [7, 11) is 7.02. The number of likely N-dealkylation sites (N-methyl/N-ethyl adjacent to an activating group) is 1. The predicted molar refractivity (Wildman–Crippen MR) is 146 cm³/mol. The molecule has 7 heteroatoms. The average molecular weight is 511 g/mol. The minimum absolute atomic E-state index is 0.484. The Balaban J connectivity index is 1.66. The molecule has 1 atom stereocenters. The van der Waals surface area contributed by atoms with Gasteiger partial charge in [0, 0.05) is 12.1 Å². The van der Waals surface area contributed by atoms with E-state index < -0.39 is 5.41 Å². The van der Waals surface area contributed by atoms with Gasteiger partial charge in [-0.05, 0) is 95.3 Å². The molecule has 2 aromatic rings. The molecule has 0 aromatic heterocycles. The highest BCUT2D eigenvalue weighted by Crippen LogP contribution is 2.47. The first kappa shape index (κ1) is 28.5. The topological polar surface area (TPSA) is 73.2 Å². The van der Waals surface area contributed by atoms with E-state index >= 15 is 0 Å². The molecule has 1 unspecified atom stereocenters. The molecule has 3 rings (SSSR count). The molecule has 7 nitrogen and oxygen atoms in total. The molecule has 1 aliphatic rings. The number of nitrogens with zero attached hydrogens (tertiary/aromatic N) is 2. The van der Waals surface area contributed by atoms with E-state index in [1.165, 1.54) is 0 Å². The SMILES string of the molecule is CCOc1ccc2c(c1OCC)CCCC2(C#N)CCCN(C)CCc1cc(OC)c(OC)c(OC)c1. The summed E-state index contributed by atoms with van der Waals surface area (Å²) in [4.78, 5) is 2.32. The van der Waals surface area contributed by atoms with Crippen molar-refractivity contribution < 1.29 is 23.7 Å². The summed E-state index contributed by atoms with van der Waals surface area (Å²) in [5.74, 6) is 3.56. The molecule has 2 aromatic carbocycles. The van der Waals surface area contributed by atoms with E-state index in [-0.39, 0.29) is 0 Å². The molecule has 0 radical (unpaired) electrons. The van der Waals surface area contributed by atoms with Gasteiger partial charge in [-0.25, -0.2) is 0 Å². The summed E-state index contributed by atoms with van der Waals surface area (Å²) < 4.78 is 28.3. The smallest absolute Gasteiger partial charge is 0.203 e. The maximum Gasteiger partial charge on any atom is 0.203 e. The average Bonchev–Trinajstić information content (AvgIpc) is 2.92. The third kappa shape index (κ3) is 6.42. The van der Waals surface area contributed by atoms with Crippen LogP contribution in [0.5, 0.6) is 28.7 Å². The van der Waals surface area contributed by atoms with Gasteiger partial charge < -0.3 is 28.6 Å². The quantitative estimate of drug-likeness (QED) is 0.329. The number of nitriles is 1. The fourth-order valence-electron chi connectivity index (χ4n) is 5.37. The van der Waals surface area contributed by atoms with Gasteiger partial charge in [-0.3, -0.25) is 0 Å². The largest absolute Gasteiger partial charge is 0.493 e. The molecule has 202 valence electrons. The van der Waals surface area contributed by atoms with Crippen LogP contribution in [0.2, 0.25) is 0 Å². The summed E-state index contributed by atoms with van der Waals surface area (Å²) >= 11 is 0. The van der Waals surface area contributed by atoms with Gasteiger partial charge in [-0.1, -0.05) is 6.07 Å². The fraction of sp³-hybridized carbons (Fsp3) is 0.567. The van der Waals surface area contributed by atoms with Crippen molar-refractivity contribution in [1.82, 2.24) is 4.90 Å². The Morgan fingerprint density at radius 1 is 0.919 bits per heavy atom. The van der Waals surface area contributed by atoms with Crippen molar-refractivity contribution in [1.29, 1.82) is 5.26 Å². The third-order valence-corrected chi connectivity index (χ3v) is 7.22. The second-order valence-corrected chi connectivity index (χ2v) is 9.52. The van der Waals surface area contributed by atoms with Crippen molar-refractivity contribution >= 4 is 0 Å². The van der Waals surface area contributed by atoms with E-state index in [1.807, 2.05) is 32.0 Å². The van der Waals surface area contributed by atoms with Crippen LogP contribution in [-0.4, -0.2) is 59.6 Å². The van der Waals surface area contributed by atoms with Crippen molar-refractivity contribution in [3.8, 4) is 34.8 Å². The van der Waals surface area contributed by atoms with Crippen LogP contribution in [0, 0.1) is 11.3 Å². The number of benzene rings is 2. The highest BCUT2D eigenvalue weighted by molar-refractivity contribution is 5.56. The van der Waals surface area contributed by atoms with Gasteiger partial charge in [0.1, 0.15) is 0 Å². The molecule has 0 amide bonds. The van der Waals surface area contributed by atoms with Gasteiger partial charge in [0.2, 0.25) is 5.75 Å². The van der Waals surface area contributed by atoms with E-state index in [0.29, 0.717) is 30.5 Å². The second-order valence-electron chi connectivity index (χ2n) is 9.52. The highest BCUT2D eigenvalue weighted by Gasteiger charge is 2.38. The van der Waals surface area contributed by atoms with Crippen molar-refractivity contribution in [2.45, 2.75) is 57.8 Å². The van der Waals surface area contributed by atoms with Crippen LogP contribution in [0.25, 0.3) is 0 Å². The number of fused-ring (bicyclic) bond motifs is 1. The number of methoxy groups -OCH3 is 3. The summed E-state index contributed by atoms with van der Waals surface area (Å²) in [6.45, 7) is 6.94. The lowest BCUT2D eigenvalue weighted by Gasteiger charge is -2.35. The first-order valence-corrected chi connectivity index (χ1v) is 13.3. The first-order valence-electron chi connectivity index (χ1n) is 13.3. The van der Waals surface area contributed by atoms with Crippen LogP contribution in [0.4, 0.5) is 0 Å². The maximum atomic E-state index is 10.4. The first-order chi connectivity index (χ1) is 18.0. The summed E-state index contributed by atoms with van der Waals surface area (Å²) in [5, 5.41) is 10.4. The Morgan fingerprint density at radius 3 is 2.22 bits per heavy atom. The Bertz CT molecular complexity index is 1060. The summed E-state index contributed by atoms with van der Waals surface area (Å²) in [6, 6.07) is 10.8. The van der Waals surface area contributed by atoms with Crippen molar-refractivity contribution in [3.63, 3.8) is 0 Å². The zero-order valence-corrected chi connectivity index (χ0v) is 23.3. The lowest BCUT2D eigenvalue weighted by Crippen LogP contribution is -2.31. The molecule has 0 fully saturated rings. The van der Waals surface area contributed by atoms with E-state index in [4.69, 9.17) is 23.7 Å². The lowest BCUT2D eigenvalue weighted by molar-refractivity contribution is 0.279. The monoisotopic (exact) mass is 510 g/mol. The van der Waals surface area contributed by atoms with Crippen LogP contribution in [0.15, 0.2) is 24.3 Å². The van der Waals surface area contributed by atoms with E-state index in [1.54, 1.807) is 21.3 Å². The lowest BCUT2D eigenvalue weighted by atomic mass is 9.68. The Labute approximate surface area is 222 Å². The molecule has 0 bridgehead atoms. The van der Waals surface area contributed by atoms with Gasteiger partial charge in [0.05, 0.1) is 46.0 Å². The van der Waals surface area contributed by atoms with Gasteiger partial charge in [0.25, 0.3) is 0 Å². The van der Waals surface area contributed by atoms with E-state index in [9.17, 15) is 5.26 Å². The zero-order chi connectivity index (χ0) is 26.8. The number of ether oxygens (including phenoxy) is 5. The van der Waals surface area contributed by atoms with E-state index in [2.05, 4.69) is 24.1 Å². The van der Waals surface area contributed by atoms with Gasteiger partial charge in [0.15, 0.2) is 23.0 Å². The van der Waals surface area contributed by atoms with E-state index in [0.717, 1.165) is 79.8 Å². The molecular weight excluding hydrogens is 468 g/mol. The van der Waals surface area contributed by atoms with Crippen LogP contribution in [0.3, 0.4) is 0 Å². The number of hydrogen-bond donors (Lipinski definition) is 0. The minimum Gasteiger partial charge on any atom is -0.493 e. The molecule has 0 N–H and O–H groups in total. The molecular formula is C30H42N2O5. The zero-order valence-electron chi connectivity index (χ0n) is 23.3. The molecule has 0 heterocycles. The summed E-state index contributed by atoms with van der Waals surface area (Å²) in [6.07, 6.45) is 5.40. The van der Waals surface area contributed by atoms with Gasteiger partial charge in [-0.15, -0.1) is 0 Å². The van der Waals surface area contributed by atoms with Crippen molar-refractivity contribution in [3.05, 3.63) is 41.0 Å². The predicted octanol–water partition coefficient (Wildman–Crippen LogP) is 5.56. The van der Waals surface area contributed by atoms with Crippen molar-refractivity contribution in [2.75, 3.05) is 54.7 Å². The normalized spacial score (nSPS) is 16.6. The standard InChI is InChI=1S/C30H42N2O5/c1-7-36-25-13-12-24-23(28(25)37-8-2)11-9-15-30(24,21-31)16-10-17-32(3)18-14-22-19-26(33-4)29(35-6)27(20-22)34-5/h12-13,19-20H,7-11,14-18H2,1-6H3. The summed E-state index contributed by atoms with van der Waals surface area (Å²) in [5.41, 5.74) is 2.91. The van der Waals surface area contributed by atoms with Gasteiger partial charge >= 0.3 is 0 Å². The highest BCUT2D eigenvalue weighted by atomic mass is 16.5. The minimum atomic E-state index is -0.484. The van der Waals surface area contributed by atoms with Gasteiger partial charge in [-0.2, -0.15) is 5.26 Å². The van der Waals surface area contributed by atoms with Crippen LogP contribution in [0.1, 0.15) is 56.2 Å². The fourth-order valence-corrected chi connectivity index (χ4v) is 5.37. The molecule has 1 aliphatic carbocycles. The van der Waals surface area contributed by atoms with Crippen molar-refractivity contribution in [2.24, 2.45) is 0 Å². The Hall–Kier alpha value is -3.11. The second kappa shape index (κ2) is 13.4. The molecule has 0 aliphatic heterocycles.